The Kier molecular flexibility index (Phi) is 18.4. The lowest BCUT2D eigenvalue weighted by molar-refractivity contribution is -0.143. The number of hydrogen-bond donors (Lipinski definition) is 12. The van der Waals surface area contributed by atoms with Crippen molar-refractivity contribution in [2.75, 3.05) is 39.9 Å². The molecule has 0 fully saturated rings. The summed E-state index contributed by atoms with van der Waals surface area (Å²) in [6.45, 7) is 6.75. The molecule has 23 nitrogen and oxygen atoms in total. The van der Waals surface area contributed by atoms with E-state index in [4.69, 9.17) is 31.8 Å². The maximum Gasteiger partial charge on any atom is 0.326 e. The van der Waals surface area contributed by atoms with Gasteiger partial charge in [0.2, 0.25) is 17.7 Å². The minimum Gasteiger partial charge on any atom is -0.504 e. The van der Waals surface area contributed by atoms with Gasteiger partial charge in [-0.15, -0.1) is 0 Å². The van der Waals surface area contributed by atoms with Gasteiger partial charge >= 0.3 is 5.97 Å². The highest BCUT2D eigenvalue weighted by molar-refractivity contribution is 7.87. The van der Waals surface area contributed by atoms with Gasteiger partial charge in [0, 0.05) is 56.3 Å². The van der Waals surface area contributed by atoms with Crippen LogP contribution in [0, 0.1) is 6.92 Å². The molecule has 390 valence electrons. The van der Waals surface area contributed by atoms with E-state index >= 15 is 0 Å². The maximum absolute atomic E-state index is 15.0. The number of hydrogen-bond acceptors (Lipinski definition) is 16. The second-order valence-corrected chi connectivity index (χ2v) is 19.8. The molecule has 0 radical (unpaired) electrons. The number of aryl methyl sites for hydroxylation is 1. The van der Waals surface area contributed by atoms with Crippen molar-refractivity contribution in [1.29, 1.82) is 0 Å². The molecule has 4 bridgehead atoms. The monoisotopic (exact) mass is 1020 g/mol. The Morgan fingerprint density at radius 3 is 2.10 bits per heavy atom. The van der Waals surface area contributed by atoms with Crippen molar-refractivity contribution < 1.29 is 62.3 Å². The number of rotatable bonds is 18. The molecule has 0 unspecified atom stereocenters. The van der Waals surface area contributed by atoms with Gasteiger partial charge in [-0.25, -0.2) is 9.93 Å². The van der Waals surface area contributed by atoms with E-state index in [-0.39, 0.29) is 77.5 Å². The molecule has 1 aliphatic heterocycles. The fourth-order valence-electron chi connectivity index (χ4n) is 7.79. The van der Waals surface area contributed by atoms with E-state index in [1.54, 1.807) is 13.0 Å². The molecular formula is C48H64N10O13S. The summed E-state index contributed by atoms with van der Waals surface area (Å²) in [6.07, 6.45) is -2.70. The number of aromatic nitrogens is 1. The molecule has 72 heavy (non-hydrogen) atoms. The number of fused-ring (bicyclic) bond motifs is 5. The standard InChI is InChI=1S/C48H64N10O13S/c1-24-40(29(18-49)16-35(54-24)27-8-10-30(11-9-27)48(3,4)5)44(63)57-37(21-53-72(52,68)69)46(65)58(6)41-28-15-34(42(61)39(17-28)71-23-32(60)20-51)33-13-26(7-12-38(33)70-22-31(59)19-50)14-36(47(66)67)56-43(62)25(2)55-45(41)64/h7-13,15-17,25,31-32,36-37,41,53,59-61H,14,18-23,49-51H2,1-6H3,(H,55,64)(H,56,62)(H,57,63)(H,66,67)(H2,52,68,69)/t25-,31+,32+,36-,37-,41-/m0/s1. The third-order valence-electron chi connectivity index (χ3n) is 11.8. The minimum absolute atomic E-state index is 0.0126. The van der Waals surface area contributed by atoms with Crippen LogP contribution in [0.3, 0.4) is 0 Å². The molecule has 5 rings (SSSR count). The SMILES string of the molecule is Cc1nc(-c2ccc(C(C)(C)C)cc2)cc(CN)c1C(=O)N[C@@H](CNS(N)(=O)=O)C(=O)N(C)[C@@H]1C(=O)N[C@@H](C)C(=O)N[C@H](C(=O)O)Cc2ccc(OC[C@H](O)CN)c(c2)-c2cc1cc(OC[C@H](O)CN)c2O. The summed E-state index contributed by atoms with van der Waals surface area (Å²) < 4.78 is 38.5. The van der Waals surface area contributed by atoms with E-state index in [1.165, 1.54) is 37.3 Å². The van der Waals surface area contributed by atoms with Crippen LogP contribution < -0.4 is 52.5 Å². The third kappa shape index (κ3) is 14.0. The molecule has 2 heterocycles. The number of nitrogens with zero attached hydrogens (tertiary/aromatic N) is 2. The van der Waals surface area contributed by atoms with Crippen molar-refractivity contribution in [3.63, 3.8) is 0 Å². The van der Waals surface area contributed by atoms with Gasteiger partial charge in [-0.3, -0.25) is 24.2 Å². The fourth-order valence-corrected chi connectivity index (χ4v) is 8.19. The second-order valence-electron chi connectivity index (χ2n) is 18.4. The van der Waals surface area contributed by atoms with Gasteiger partial charge in [0.25, 0.3) is 16.1 Å². The first-order valence-corrected chi connectivity index (χ1v) is 24.3. The van der Waals surface area contributed by atoms with Gasteiger partial charge in [-0.2, -0.15) is 13.1 Å². The average Bonchev–Trinajstić information content (AvgIpc) is 3.32. The third-order valence-corrected chi connectivity index (χ3v) is 12.4. The number of carbonyl (C=O) groups is 5. The largest absolute Gasteiger partial charge is 0.504 e. The summed E-state index contributed by atoms with van der Waals surface area (Å²) >= 11 is 0. The normalized spacial score (nSPS) is 17.6. The number of amides is 4. The van der Waals surface area contributed by atoms with Crippen LogP contribution in [0.1, 0.15) is 72.0 Å². The first-order valence-electron chi connectivity index (χ1n) is 22.8. The van der Waals surface area contributed by atoms with E-state index in [0.29, 0.717) is 16.8 Å². The van der Waals surface area contributed by atoms with Crippen molar-refractivity contribution in [2.24, 2.45) is 22.3 Å². The number of aliphatic carboxylic acids is 1. The van der Waals surface area contributed by atoms with Crippen molar-refractivity contribution in [1.82, 2.24) is 30.6 Å². The summed E-state index contributed by atoms with van der Waals surface area (Å²) in [4.78, 5) is 75.7. The lowest BCUT2D eigenvalue weighted by atomic mass is 9.86. The minimum atomic E-state index is -4.53. The van der Waals surface area contributed by atoms with Crippen molar-refractivity contribution >= 4 is 39.8 Å². The number of phenols is 1. The molecule has 3 aromatic carbocycles. The van der Waals surface area contributed by atoms with Crippen LogP contribution in [0.15, 0.2) is 60.7 Å². The fraction of sp³-hybridized carbons (Fsp3) is 0.417. The number of phenolic OH excluding ortho intramolecular Hbond substituents is 1. The number of aromatic hydroxyl groups is 1. The highest BCUT2D eigenvalue weighted by Gasteiger charge is 2.38. The number of nitrogens with one attached hydrogen (secondary N) is 4. The molecule has 16 N–H and O–H groups in total. The van der Waals surface area contributed by atoms with Gasteiger partial charge in [0.15, 0.2) is 11.5 Å². The van der Waals surface area contributed by atoms with Crippen LogP contribution in [-0.4, -0.2) is 139 Å². The number of nitrogens with two attached hydrogens (primary N) is 4. The number of pyridine rings is 1. The van der Waals surface area contributed by atoms with Crippen molar-refractivity contribution in [2.45, 2.75) is 89.4 Å². The van der Waals surface area contributed by atoms with Gasteiger partial charge < -0.3 is 68.0 Å². The van der Waals surface area contributed by atoms with Crippen LogP contribution in [0.25, 0.3) is 22.4 Å². The second kappa shape index (κ2) is 23.6. The maximum atomic E-state index is 15.0. The Hall–Kier alpha value is -6.77. The summed E-state index contributed by atoms with van der Waals surface area (Å²) in [6, 6.07) is 9.46. The lowest BCUT2D eigenvalue weighted by Crippen LogP contribution is -2.57. The number of carboxylic acid groups (broad SMARTS) is 1. The van der Waals surface area contributed by atoms with Gasteiger partial charge in [-0.05, 0) is 71.8 Å². The van der Waals surface area contributed by atoms with Crippen LogP contribution in [-0.2, 0) is 47.8 Å². The number of carboxylic acids is 1. The Balaban J connectivity index is 1.68. The van der Waals surface area contributed by atoms with Gasteiger partial charge in [-0.1, -0.05) is 51.1 Å². The van der Waals surface area contributed by atoms with Gasteiger partial charge in [0.05, 0.1) is 17.0 Å². The predicted octanol–water partition coefficient (Wildman–Crippen LogP) is -0.696. The molecule has 4 aromatic rings. The smallest absolute Gasteiger partial charge is 0.326 e. The molecule has 24 heteroatoms. The molecule has 1 aromatic heterocycles. The molecule has 4 amide bonds. The Morgan fingerprint density at radius 1 is 0.903 bits per heavy atom. The number of aliphatic hydroxyl groups is 2. The Bertz CT molecular complexity index is 2770. The molecule has 0 saturated heterocycles. The summed E-state index contributed by atoms with van der Waals surface area (Å²) in [7, 11) is -3.39. The lowest BCUT2D eigenvalue weighted by Gasteiger charge is -2.33. The van der Waals surface area contributed by atoms with Crippen LogP contribution >= 0.6 is 0 Å². The predicted molar refractivity (Wildman–Crippen MR) is 264 cm³/mol. The zero-order chi connectivity index (χ0) is 53.4. The van der Waals surface area contributed by atoms with E-state index in [9.17, 15) is 52.8 Å². The van der Waals surface area contributed by atoms with Crippen molar-refractivity contribution in [3.8, 4) is 39.6 Å². The topological polar surface area (TPSA) is 387 Å². The van der Waals surface area contributed by atoms with E-state index in [0.717, 1.165) is 23.1 Å². The number of likely N-dealkylation sites (N-methyl/N-ethyl adjacent to an activating group) is 1. The molecule has 0 saturated carbocycles. The molecule has 1 aliphatic rings. The highest BCUT2D eigenvalue weighted by atomic mass is 32.2. The van der Waals surface area contributed by atoms with Crippen LogP contribution in [0.2, 0.25) is 0 Å². The average molecular weight is 1020 g/mol. The Morgan fingerprint density at radius 2 is 1.53 bits per heavy atom. The van der Waals surface area contributed by atoms with E-state index in [1.807, 2.05) is 29.0 Å². The highest BCUT2D eigenvalue weighted by Crippen LogP contribution is 2.45. The summed E-state index contributed by atoms with van der Waals surface area (Å²) in [5.74, 6) is -6.37. The molecule has 0 aliphatic carbocycles. The molecule has 6 atom stereocenters. The number of aliphatic hydroxyl groups excluding tert-OH is 2. The number of ether oxygens (including phenoxy) is 2. The van der Waals surface area contributed by atoms with Crippen LogP contribution in [0.4, 0.5) is 0 Å². The molecule has 0 spiro atoms. The Labute approximate surface area is 416 Å². The number of carbonyl (C=O) groups excluding carboxylic acids is 4. The van der Waals surface area contributed by atoms with E-state index < -0.39 is 95.1 Å². The number of benzene rings is 3. The first kappa shape index (κ1) is 56.1. The quantitative estimate of drug-likeness (QED) is 0.0586. The zero-order valence-electron chi connectivity index (χ0n) is 40.8. The zero-order valence-corrected chi connectivity index (χ0v) is 41.6. The summed E-state index contributed by atoms with van der Waals surface area (Å²) in [5.41, 5.74) is 20.3. The van der Waals surface area contributed by atoms with Crippen LogP contribution in [0.5, 0.6) is 17.2 Å². The summed E-state index contributed by atoms with van der Waals surface area (Å²) in [5, 5.41) is 55.6. The van der Waals surface area contributed by atoms with Gasteiger partial charge in [0.1, 0.15) is 55.3 Å². The first-order chi connectivity index (χ1) is 33.8. The van der Waals surface area contributed by atoms with E-state index in [2.05, 4.69) is 41.7 Å². The molecular weight excluding hydrogens is 957 g/mol. The van der Waals surface area contributed by atoms with Crippen molar-refractivity contribution in [3.05, 3.63) is 94.2 Å².